The van der Waals surface area contributed by atoms with Crippen LogP contribution >= 0.6 is 0 Å². The van der Waals surface area contributed by atoms with Gasteiger partial charge in [-0.25, -0.2) is 9.69 Å². The molecule has 0 saturated heterocycles. The van der Waals surface area contributed by atoms with Crippen LogP contribution in [0.5, 0.6) is 0 Å². The molecule has 1 amide bonds. The first-order chi connectivity index (χ1) is 12.2. The normalized spacial score (nSPS) is 20.3. The Kier molecular flexibility index (Phi) is 6.21. The molecule has 2 rings (SSSR count). The molecule has 0 aromatic rings. The molecule has 2 aliphatic rings. The van der Waals surface area contributed by atoms with E-state index in [0.717, 1.165) is 25.7 Å². The molecule has 1 aliphatic carbocycles. The van der Waals surface area contributed by atoms with Crippen molar-refractivity contribution in [1.29, 1.82) is 0 Å². The maximum Gasteiger partial charge on any atom is 0.419 e. The van der Waals surface area contributed by atoms with Gasteiger partial charge in [0.15, 0.2) is 5.78 Å². The molecule has 0 fully saturated rings. The summed E-state index contributed by atoms with van der Waals surface area (Å²) in [7, 11) is 0. The third-order valence-electron chi connectivity index (χ3n) is 4.39. The van der Waals surface area contributed by atoms with Gasteiger partial charge in [-0.1, -0.05) is 39.2 Å². The van der Waals surface area contributed by atoms with Crippen LogP contribution in [0.4, 0.5) is 4.79 Å². The van der Waals surface area contributed by atoms with Crippen LogP contribution in [0.15, 0.2) is 35.2 Å². The van der Waals surface area contributed by atoms with E-state index in [4.69, 9.17) is 4.74 Å². The Morgan fingerprint density at radius 1 is 1.19 bits per heavy atom. The molecular weight excluding hydrogens is 330 g/mol. The number of Topliss-reactive ketones (excluding diaryl/α,β-unsaturated/α-hetero) is 1. The summed E-state index contributed by atoms with van der Waals surface area (Å²) in [6, 6.07) is 0. The standard InChI is InChI=1S/C21H29NO4/c1-6-8-10-14-11-12-22(20(25)26-21(3,4)5)18-16(23)13-15(9-7-2)19(24)17(14)18/h11-14H,6-10H2,1-5H3. The zero-order chi connectivity index (χ0) is 19.5. The van der Waals surface area contributed by atoms with E-state index in [1.807, 2.05) is 13.0 Å². The van der Waals surface area contributed by atoms with Crippen LogP contribution in [0.1, 0.15) is 66.7 Å². The van der Waals surface area contributed by atoms with Crippen LogP contribution in [0, 0.1) is 5.92 Å². The second-order valence-electron chi connectivity index (χ2n) is 7.82. The average Bonchev–Trinajstić information content (AvgIpc) is 2.55. The van der Waals surface area contributed by atoms with Crippen molar-refractivity contribution >= 4 is 17.7 Å². The van der Waals surface area contributed by atoms with Gasteiger partial charge in [-0.2, -0.15) is 0 Å². The highest BCUT2D eigenvalue weighted by Gasteiger charge is 2.39. The van der Waals surface area contributed by atoms with E-state index in [9.17, 15) is 14.4 Å². The molecule has 0 saturated carbocycles. The van der Waals surface area contributed by atoms with E-state index in [1.54, 1.807) is 27.0 Å². The fourth-order valence-corrected chi connectivity index (χ4v) is 3.24. The predicted octanol–water partition coefficient (Wildman–Crippen LogP) is 4.69. The minimum atomic E-state index is -0.685. The van der Waals surface area contributed by atoms with Crippen molar-refractivity contribution in [3.63, 3.8) is 0 Å². The number of hydrogen-bond donors (Lipinski definition) is 0. The molecule has 142 valence electrons. The summed E-state index contributed by atoms with van der Waals surface area (Å²) in [5, 5.41) is 0. The monoisotopic (exact) mass is 359 g/mol. The van der Waals surface area contributed by atoms with Gasteiger partial charge in [0.05, 0.1) is 0 Å². The quantitative estimate of drug-likeness (QED) is 0.668. The summed E-state index contributed by atoms with van der Waals surface area (Å²) >= 11 is 0. The molecule has 0 radical (unpaired) electrons. The SMILES string of the molecule is CCCCC1C=CN(C(=O)OC(C)(C)C)C2=C1C(=O)C(CCC)=CC2=O. The van der Waals surface area contributed by atoms with Crippen LogP contribution in [0.2, 0.25) is 0 Å². The number of hydrogen-bond acceptors (Lipinski definition) is 4. The number of carbonyl (C=O) groups is 3. The minimum Gasteiger partial charge on any atom is -0.443 e. The van der Waals surface area contributed by atoms with Gasteiger partial charge in [0, 0.05) is 23.3 Å². The molecule has 5 nitrogen and oxygen atoms in total. The second-order valence-corrected chi connectivity index (χ2v) is 7.82. The molecule has 26 heavy (non-hydrogen) atoms. The van der Waals surface area contributed by atoms with E-state index in [2.05, 4.69) is 6.92 Å². The van der Waals surface area contributed by atoms with Crippen LogP contribution in [-0.4, -0.2) is 28.2 Å². The smallest absolute Gasteiger partial charge is 0.419 e. The van der Waals surface area contributed by atoms with Gasteiger partial charge in [-0.05, 0) is 39.7 Å². The number of rotatable bonds is 5. The van der Waals surface area contributed by atoms with Crippen molar-refractivity contribution in [3.05, 3.63) is 35.2 Å². The second kappa shape index (κ2) is 8.02. The van der Waals surface area contributed by atoms with E-state index < -0.39 is 11.7 Å². The van der Waals surface area contributed by atoms with Gasteiger partial charge in [-0.3, -0.25) is 9.59 Å². The largest absolute Gasteiger partial charge is 0.443 e. The summed E-state index contributed by atoms with van der Waals surface area (Å²) in [6.07, 6.45) is 8.27. The highest BCUT2D eigenvalue weighted by Crippen LogP contribution is 2.36. The summed E-state index contributed by atoms with van der Waals surface area (Å²) in [5.74, 6) is -0.541. The van der Waals surface area contributed by atoms with Crippen LogP contribution in [0.3, 0.4) is 0 Å². The van der Waals surface area contributed by atoms with Crippen molar-refractivity contribution in [2.75, 3.05) is 0 Å². The Hall–Kier alpha value is -2.17. The Bertz CT molecular complexity index is 691. The molecular formula is C21H29NO4. The molecule has 1 unspecified atom stereocenters. The maximum atomic E-state index is 13.0. The van der Waals surface area contributed by atoms with E-state index in [-0.39, 0.29) is 23.2 Å². The molecule has 0 aromatic heterocycles. The minimum absolute atomic E-state index is 0.111. The van der Waals surface area contributed by atoms with Crippen molar-refractivity contribution < 1.29 is 19.1 Å². The highest BCUT2D eigenvalue weighted by molar-refractivity contribution is 6.23. The molecule has 5 heteroatoms. The molecule has 1 heterocycles. The lowest BCUT2D eigenvalue weighted by atomic mass is 9.79. The van der Waals surface area contributed by atoms with Gasteiger partial charge < -0.3 is 4.74 Å². The lowest BCUT2D eigenvalue weighted by molar-refractivity contribution is -0.117. The summed E-state index contributed by atoms with van der Waals surface area (Å²) in [4.78, 5) is 39.6. The zero-order valence-electron chi connectivity index (χ0n) is 16.4. The first-order valence-electron chi connectivity index (χ1n) is 9.43. The zero-order valence-corrected chi connectivity index (χ0v) is 16.4. The Morgan fingerprint density at radius 3 is 2.46 bits per heavy atom. The average molecular weight is 359 g/mol. The summed E-state index contributed by atoms with van der Waals surface area (Å²) < 4.78 is 5.42. The Labute approximate surface area is 155 Å². The van der Waals surface area contributed by atoms with E-state index >= 15 is 0 Å². The van der Waals surface area contributed by atoms with E-state index in [1.165, 1.54) is 11.0 Å². The lowest BCUT2D eigenvalue weighted by Gasteiger charge is -2.34. The molecule has 0 spiro atoms. The fourth-order valence-electron chi connectivity index (χ4n) is 3.24. The number of allylic oxidation sites excluding steroid dienone is 4. The van der Waals surface area contributed by atoms with E-state index in [0.29, 0.717) is 17.6 Å². The molecule has 1 atom stereocenters. The van der Waals surface area contributed by atoms with Gasteiger partial charge in [0.1, 0.15) is 11.3 Å². The van der Waals surface area contributed by atoms with Crippen LogP contribution in [-0.2, 0) is 14.3 Å². The number of carbonyl (C=O) groups excluding carboxylic acids is 3. The third-order valence-corrected chi connectivity index (χ3v) is 4.39. The fraction of sp³-hybridized carbons (Fsp3) is 0.571. The maximum absolute atomic E-state index is 13.0. The van der Waals surface area contributed by atoms with Crippen molar-refractivity contribution in [3.8, 4) is 0 Å². The van der Waals surface area contributed by atoms with Gasteiger partial charge in [0.25, 0.3) is 0 Å². The first-order valence-corrected chi connectivity index (χ1v) is 9.43. The highest BCUT2D eigenvalue weighted by atomic mass is 16.6. The number of unbranched alkanes of at least 4 members (excludes halogenated alkanes) is 1. The number of ketones is 2. The molecule has 0 bridgehead atoms. The first kappa shape index (κ1) is 20.1. The Morgan fingerprint density at radius 2 is 1.88 bits per heavy atom. The molecule has 0 aromatic carbocycles. The topological polar surface area (TPSA) is 63.7 Å². The van der Waals surface area contributed by atoms with Crippen LogP contribution < -0.4 is 0 Å². The summed E-state index contributed by atoms with van der Waals surface area (Å²) in [6.45, 7) is 9.37. The van der Waals surface area contributed by atoms with Gasteiger partial charge in [0.2, 0.25) is 5.78 Å². The predicted molar refractivity (Wildman–Crippen MR) is 100 cm³/mol. The number of nitrogens with zero attached hydrogens (tertiary/aromatic N) is 1. The van der Waals surface area contributed by atoms with Gasteiger partial charge in [-0.15, -0.1) is 0 Å². The van der Waals surface area contributed by atoms with Crippen LogP contribution in [0.25, 0.3) is 0 Å². The van der Waals surface area contributed by atoms with Crippen molar-refractivity contribution in [2.24, 2.45) is 5.92 Å². The van der Waals surface area contributed by atoms with Gasteiger partial charge >= 0.3 is 6.09 Å². The molecule has 1 aliphatic heterocycles. The van der Waals surface area contributed by atoms with Crippen molar-refractivity contribution in [1.82, 2.24) is 4.90 Å². The molecule has 0 N–H and O–H groups in total. The van der Waals surface area contributed by atoms with Crippen molar-refractivity contribution in [2.45, 2.75) is 72.3 Å². The third kappa shape index (κ3) is 4.32. The summed E-state index contributed by atoms with van der Waals surface area (Å²) in [5.41, 5.74) is 0.461. The number of ether oxygens (including phenoxy) is 1. The number of amides is 1. The Balaban J connectivity index is 2.44. The lowest BCUT2D eigenvalue weighted by Crippen LogP contribution is -2.40.